The van der Waals surface area contributed by atoms with E-state index in [0.717, 1.165) is 5.56 Å². The molecule has 0 bridgehead atoms. The number of nitrogens with one attached hydrogen (secondary N) is 1. The van der Waals surface area contributed by atoms with Crippen LogP contribution in [0.15, 0.2) is 47.6 Å². The van der Waals surface area contributed by atoms with E-state index in [1.54, 1.807) is 29.3 Å². The first-order valence-electron chi connectivity index (χ1n) is 11.1. The molecule has 11 heteroatoms. The maximum absolute atomic E-state index is 12.6. The number of aromatic nitrogens is 3. The van der Waals surface area contributed by atoms with Crippen molar-refractivity contribution in [3.8, 4) is 22.9 Å². The highest BCUT2D eigenvalue weighted by atomic mass is 35.5. The SMILES string of the molecule is COc1cc(/C=N\n2c(-c3ccccc3Cl)n[nH]c2=S)ccc1OCC(=O)N1C[C@@H](C)O[C@H](C)C1. The van der Waals surface area contributed by atoms with Crippen LogP contribution in [0.1, 0.15) is 19.4 Å². The van der Waals surface area contributed by atoms with E-state index in [-0.39, 0.29) is 24.7 Å². The normalized spacial score (nSPS) is 18.1. The molecule has 0 unspecified atom stereocenters. The van der Waals surface area contributed by atoms with Crippen molar-refractivity contribution in [2.75, 3.05) is 26.8 Å². The zero-order valence-corrected chi connectivity index (χ0v) is 21.2. The van der Waals surface area contributed by atoms with E-state index in [0.29, 0.717) is 45.8 Å². The predicted molar refractivity (Wildman–Crippen MR) is 136 cm³/mol. The van der Waals surface area contributed by atoms with Crippen molar-refractivity contribution in [1.29, 1.82) is 0 Å². The van der Waals surface area contributed by atoms with Gasteiger partial charge in [0.2, 0.25) is 4.77 Å². The lowest BCUT2D eigenvalue weighted by molar-refractivity contribution is -0.145. The van der Waals surface area contributed by atoms with Gasteiger partial charge in [0, 0.05) is 18.7 Å². The Morgan fingerprint density at radius 2 is 2.00 bits per heavy atom. The van der Waals surface area contributed by atoms with Crippen LogP contribution < -0.4 is 9.47 Å². The Bertz CT molecular complexity index is 1280. The van der Waals surface area contributed by atoms with Crippen LogP contribution in [-0.2, 0) is 9.53 Å². The van der Waals surface area contributed by atoms with Gasteiger partial charge in [-0.05, 0) is 62.0 Å². The Morgan fingerprint density at radius 1 is 1.26 bits per heavy atom. The van der Waals surface area contributed by atoms with Gasteiger partial charge >= 0.3 is 0 Å². The third-order valence-corrected chi connectivity index (χ3v) is 5.99. The molecule has 4 rings (SSSR count). The Morgan fingerprint density at radius 3 is 2.71 bits per heavy atom. The summed E-state index contributed by atoms with van der Waals surface area (Å²) in [5.74, 6) is 1.34. The average molecular weight is 516 g/mol. The summed E-state index contributed by atoms with van der Waals surface area (Å²) in [6, 6.07) is 12.6. The largest absolute Gasteiger partial charge is 0.493 e. The van der Waals surface area contributed by atoms with Crippen LogP contribution in [0.25, 0.3) is 11.4 Å². The van der Waals surface area contributed by atoms with Crippen LogP contribution >= 0.6 is 23.8 Å². The standard InChI is InChI=1S/C24H26ClN5O4S/c1-15-12-29(13-16(2)34-15)22(31)14-33-20-9-8-17(10-21(20)32-3)11-26-30-23(27-28-24(30)35)18-6-4-5-7-19(18)25/h4-11,15-16H,12-14H2,1-3H3,(H,28,35)/b26-11-/t15-,16-/m1/s1. The van der Waals surface area contributed by atoms with Crippen LogP contribution in [0.4, 0.5) is 0 Å². The van der Waals surface area contributed by atoms with Crippen LogP contribution in [0, 0.1) is 4.77 Å². The first-order chi connectivity index (χ1) is 16.9. The second-order valence-corrected chi connectivity index (χ2v) is 8.94. The molecule has 1 saturated heterocycles. The quantitative estimate of drug-likeness (QED) is 0.375. The fourth-order valence-electron chi connectivity index (χ4n) is 3.84. The fraction of sp³-hybridized carbons (Fsp3) is 0.333. The molecule has 0 spiro atoms. The number of carbonyl (C=O) groups excluding carboxylic acids is 1. The van der Waals surface area contributed by atoms with Gasteiger partial charge in [0.25, 0.3) is 5.91 Å². The van der Waals surface area contributed by atoms with Gasteiger partial charge < -0.3 is 19.1 Å². The number of halogens is 1. The third kappa shape index (κ3) is 5.90. The highest BCUT2D eigenvalue weighted by Crippen LogP contribution is 2.28. The van der Waals surface area contributed by atoms with Crippen LogP contribution in [-0.4, -0.2) is 70.9 Å². The second-order valence-electron chi connectivity index (χ2n) is 8.14. The molecular formula is C24H26ClN5O4S. The number of carbonyl (C=O) groups is 1. The molecule has 0 aliphatic carbocycles. The summed E-state index contributed by atoms with van der Waals surface area (Å²) in [6.07, 6.45) is 1.62. The van der Waals surface area contributed by atoms with E-state index in [2.05, 4.69) is 15.3 Å². The van der Waals surface area contributed by atoms with Crippen molar-refractivity contribution in [2.24, 2.45) is 5.10 Å². The zero-order chi connectivity index (χ0) is 24.9. The van der Waals surface area contributed by atoms with E-state index in [1.807, 2.05) is 38.1 Å². The summed E-state index contributed by atoms with van der Waals surface area (Å²) in [4.78, 5) is 14.4. The van der Waals surface area contributed by atoms with Gasteiger partial charge in [0.1, 0.15) is 0 Å². The Hall–Kier alpha value is -3.21. The molecule has 1 aliphatic rings. The highest BCUT2D eigenvalue weighted by molar-refractivity contribution is 7.71. The number of H-pyrrole nitrogens is 1. The first kappa shape index (κ1) is 24.9. The van der Waals surface area contributed by atoms with Crippen molar-refractivity contribution < 1.29 is 19.0 Å². The minimum absolute atomic E-state index is 0.00188. The molecule has 2 heterocycles. The molecule has 184 valence electrons. The Labute approximate surface area is 213 Å². The van der Waals surface area contributed by atoms with Gasteiger partial charge in [-0.3, -0.25) is 4.79 Å². The van der Waals surface area contributed by atoms with E-state index >= 15 is 0 Å². The number of hydrogen-bond donors (Lipinski definition) is 1. The van der Waals surface area contributed by atoms with Gasteiger partial charge in [-0.2, -0.15) is 14.9 Å². The molecule has 3 aromatic rings. The number of nitrogens with zero attached hydrogens (tertiary/aromatic N) is 4. The lowest BCUT2D eigenvalue weighted by atomic mass is 10.2. The number of morpholine rings is 1. The van der Waals surface area contributed by atoms with Gasteiger partial charge in [-0.15, -0.1) is 0 Å². The van der Waals surface area contributed by atoms with Crippen molar-refractivity contribution in [3.63, 3.8) is 0 Å². The molecule has 1 fully saturated rings. The first-order valence-corrected chi connectivity index (χ1v) is 11.8. The van der Waals surface area contributed by atoms with Gasteiger partial charge in [0.15, 0.2) is 23.9 Å². The van der Waals surface area contributed by atoms with Crippen molar-refractivity contribution in [1.82, 2.24) is 19.8 Å². The number of hydrogen-bond acceptors (Lipinski definition) is 7. The molecule has 2 atom stereocenters. The fourth-order valence-corrected chi connectivity index (χ4v) is 4.24. The summed E-state index contributed by atoms with van der Waals surface area (Å²) in [5, 5.41) is 12.0. The molecule has 9 nitrogen and oxygen atoms in total. The van der Waals surface area contributed by atoms with Crippen LogP contribution in [0.3, 0.4) is 0 Å². The third-order valence-electron chi connectivity index (χ3n) is 5.40. The van der Waals surface area contributed by atoms with Gasteiger partial charge in [-0.25, -0.2) is 5.10 Å². The number of rotatable bonds is 7. The number of aromatic amines is 1. The highest BCUT2D eigenvalue weighted by Gasteiger charge is 2.26. The van der Waals surface area contributed by atoms with Crippen LogP contribution in [0.5, 0.6) is 11.5 Å². The van der Waals surface area contributed by atoms with Gasteiger partial charge in [-0.1, -0.05) is 23.7 Å². The lowest BCUT2D eigenvalue weighted by Crippen LogP contribution is -2.49. The monoisotopic (exact) mass is 515 g/mol. The maximum atomic E-state index is 12.6. The van der Waals surface area contributed by atoms with E-state index in [9.17, 15) is 4.79 Å². The topological polar surface area (TPSA) is 94.0 Å². The molecule has 1 aromatic heterocycles. The molecule has 0 radical (unpaired) electrons. The summed E-state index contributed by atoms with van der Waals surface area (Å²) < 4.78 is 18.8. The molecule has 1 amide bonds. The summed E-state index contributed by atoms with van der Waals surface area (Å²) in [5.41, 5.74) is 1.44. The van der Waals surface area contributed by atoms with Crippen molar-refractivity contribution >= 4 is 35.9 Å². The minimum atomic E-state index is -0.0962. The van der Waals surface area contributed by atoms with E-state index in [1.165, 1.54) is 11.8 Å². The van der Waals surface area contributed by atoms with Crippen molar-refractivity contribution in [3.05, 3.63) is 57.8 Å². The second kappa shape index (κ2) is 11.0. The molecule has 1 N–H and O–H groups in total. The molecule has 0 saturated carbocycles. The molecule has 1 aliphatic heterocycles. The zero-order valence-electron chi connectivity index (χ0n) is 19.6. The minimum Gasteiger partial charge on any atom is -0.493 e. The molecule has 35 heavy (non-hydrogen) atoms. The Kier molecular flexibility index (Phi) is 7.84. The number of methoxy groups -OCH3 is 1. The lowest BCUT2D eigenvalue weighted by Gasteiger charge is -2.35. The van der Waals surface area contributed by atoms with E-state index in [4.69, 9.17) is 38.0 Å². The number of ether oxygens (including phenoxy) is 3. The predicted octanol–water partition coefficient (Wildman–Crippen LogP) is 4.17. The van der Waals surface area contributed by atoms with E-state index < -0.39 is 0 Å². The summed E-state index contributed by atoms with van der Waals surface area (Å²) in [6.45, 7) is 4.91. The number of amides is 1. The number of benzene rings is 2. The van der Waals surface area contributed by atoms with Crippen molar-refractivity contribution in [2.45, 2.75) is 26.1 Å². The smallest absolute Gasteiger partial charge is 0.260 e. The Balaban J connectivity index is 1.48. The maximum Gasteiger partial charge on any atom is 0.260 e. The van der Waals surface area contributed by atoms with Crippen LogP contribution in [0.2, 0.25) is 5.02 Å². The summed E-state index contributed by atoms with van der Waals surface area (Å²) >= 11 is 11.6. The van der Waals surface area contributed by atoms with Gasteiger partial charge in [0.05, 0.1) is 30.6 Å². The molecular weight excluding hydrogens is 490 g/mol. The molecule has 2 aromatic carbocycles. The summed E-state index contributed by atoms with van der Waals surface area (Å²) in [7, 11) is 1.54. The average Bonchev–Trinajstić information content (AvgIpc) is 3.21.